The maximum Gasteiger partial charge on any atom is 0.247 e. The summed E-state index contributed by atoms with van der Waals surface area (Å²) in [6.07, 6.45) is 2.03. The Labute approximate surface area is 154 Å². The van der Waals surface area contributed by atoms with Gasteiger partial charge in [0.2, 0.25) is 11.8 Å². The summed E-state index contributed by atoms with van der Waals surface area (Å²) >= 11 is 0. The summed E-state index contributed by atoms with van der Waals surface area (Å²) in [4.78, 5) is 24.7. The van der Waals surface area contributed by atoms with Crippen LogP contribution in [0.2, 0.25) is 0 Å². The monoisotopic (exact) mass is 357 g/mol. The lowest BCUT2D eigenvalue weighted by Gasteiger charge is -2.22. The van der Waals surface area contributed by atoms with E-state index in [-0.39, 0.29) is 23.7 Å². The number of benzene rings is 1. The molecule has 0 unspecified atom stereocenters. The van der Waals surface area contributed by atoms with E-state index in [1.54, 1.807) is 6.33 Å². The van der Waals surface area contributed by atoms with E-state index in [0.29, 0.717) is 17.9 Å². The lowest BCUT2D eigenvalue weighted by Crippen LogP contribution is -2.47. The molecule has 2 N–H and O–H groups in total. The second kappa shape index (κ2) is 8.60. The SMILES string of the molecule is CC(C)CC(=O)N[C@@H](C(=O)Nc1cccc(-c2nncn2C)c1)C(C)C. The van der Waals surface area contributed by atoms with Gasteiger partial charge in [0.05, 0.1) is 0 Å². The van der Waals surface area contributed by atoms with E-state index in [2.05, 4.69) is 20.8 Å². The molecule has 0 saturated carbocycles. The standard InChI is InChI=1S/C19H27N5O2/c1-12(2)9-16(25)22-17(13(3)4)19(26)21-15-8-6-7-14(10-15)18-23-20-11-24(18)5/h6-8,10-13,17H,9H2,1-5H3,(H,21,26)(H,22,25)/t17-/m1/s1. The van der Waals surface area contributed by atoms with Gasteiger partial charge < -0.3 is 15.2 Å². The van der Waals surface area contributed by atoms with Gasteiger partial charge in [-0.05, 0) is 24.0 Å². The van der Waals surface area contributed by atoms with Crippen LogP contribution in [0.4, 0.5) is 5.69 Å². The Kier molecular flexibility index (Phi) is 6.49. The predicted octanol–water partition coefficient (Wildman–Crippen LogP) is 2.61. The highest BCUT2D eigenvalue weighted by Crippen LogP contribution is 2.20. The van der Waals surface area contributed by atoms with Crippen molar-refractivity contribution >= 4 is 17.5 Å². The molecule has 2 aromatic rings. The molecule has 140 valence electrons. The maximum absolute atomic E-state index is 12.7. The molecule has 7 nitrogen and oxygen atoms in total. The normalized spacial score (nSPS) is 12.3. The number of hydrogen-bond acceptors (Lipinski definition) is 4. The van der Waals surface area contributed by atoms with Crippen LogP contribution >= 0.6 is 0 Å². The first kappa shape index (κ1) is 19.6. The van der Waals surface area contributed by atoms with E-state index >= 15 is 0 Å². The van der Waals surface area contributed by atoms with Gasteiger partial charge >= 0.3 is 0 Å². The maximum atomic E-state index is 12.7. The number of aromatic nitrogens is 3. The number of anilines is 1. The number of hydrogen-bond donors (Lipinski definition) is 2. The van der Waals surface area contributed by atoms with Crippen LogP contribution in [0, 0.1) is 11.8 Å². The molecule has 0 fully saturated rings. The smallest absolute Gasteiger partial charge is 0.247 e. The fourth-order valence-corrected chi connectivity index (χ4v) is 2.64. The first-order valence-corrected chi connectivity index (χ1v) is 8.82. The van der Waals surface area contributed by atoms with E-state index in [4.69, 9.17) is 0 Å². The first-order chi connectivity index (χ1) is 12.3. The minimum Gasteiger partial charge on any atom is -0.344 e. The van der Waals surface area contributed by atoms with E-state index in [9.17, 15) is 9.59 Å². The lowest BCUT2D eigenvalue weighted by molar-refractivity contribution is -0.127. The van der Waals surface area contributed by atoms with Crippen molar-refractivity contribution in [2.24, 2.45) is 18.9 Å². The Balaban J connectivity index is 2.11. The second-order valence-electron chi connectivity index (χ2n) is 7.22. The average molecular weight is 357 g/mol. The Bertz CT molecular complexity index is 767. The van der Waals surface area contributed by atoms with Crippen LogP contribution in [-0.4, -0.2) is 32.6 Å². The third-order valence-corrected chi connectivity index (χ3v) is 3.96. The molecule has 7 heteroatoms. The fourth-order valence-electron chi connectivity index (χ4n) is 2.64. The zero-order valence-corrected chi connectivity index (χ0v) is 16.0. The van der Waals surface area contributed by atoms with Gasteiger partial charge in [-0.3, -0.25) is 9.59 Å². The largest absolute Gasteiger partial charge is 0.344 e. The number of nitrogens with one attached hydrogen (secondary N) is 2. The zero-order chi connectivity index (χ0) is 19.3. The highest BCUT2D eigenvalue weighted by Gasteiger charge is 2.24. The van der Waals surface area contributed by atoms with E-state index < -0.39 is 6.04 Å². The summed E-state index contributed by atoms with van der Waals surface area (Å²) in [5.74, 6) is 0.600. The van der Waals surface area contributed by atoms with Gasteiger partial charge in [-0.15, -0.1) is 10.2 Å². The third kappa shape index (κ3) is 5.15. The molecule has 0 aliphatic carbocycles. The second-order valence-corrected chi connectivity index (χ2v) is 7.22. The minimum atomic E-state index is -0.584. The van der Waals surface area contributed by atoms with Crippen molar-refractivity contribution < 1.29 is 9.59 Å². The first-order valence-electron chi connectivity index (χ1n) is 8.82. The van der Waals surface area contributed by atoms with Crippen LogP contribution in [0.5, 0.6) is 0 Å². The van der Waals surface area contributed by atoms with E-state index in [1.807, 2.05) is 63.6 Å². The Morgan fingerprint density at radius 2 is 1.92 bits per heavy atom. The summed E-state index contributed by atoms with van der Waals surface area (Å²) in [6, 6.07) is 6.82. The number of carbonyl (C=O) groups excluding carboxylic acids is 2. The van der Waals surface area contributed by atoms with Crippen LogP contribution in [0.15, 0.2) is 30.6 Å². The van der Waals surface area contributed by atoms with Crippen molar-refractivity contribution in [1.82, 2.24) is 20.1 Å². The molecule has 0 spiro atoms. The van der Waals surface area contributed by atoms with Gasteiger partial charge in [0.25, 0.3) is 0 Å². The van der Waals surface area contributed by atoms with Gasteiger partial charge in [0.1, 0.15) is 12.4 Å². The molecule has 0 aliphatic rings. The molecule has 26 heavy (non-hydrogen) atoms. The Morgan fingerprint density at radius 1 is 1.19 bits per heavy atom. The molecule has 0 saturated heterocycles. The number of nitrogens with zero attached hydrogens (tertiary/aromatic N) is 3. The molecule has 1 atom stereocenters. The van der Waals surface area contributed by atoms with Gasteiger partial charge in [-0.2, -0.15) is 0 Å². The molecule has 0 aliphatic heterocycles. The van der Waals surface area contributed by atoms with E-state index in [0.717, 1.165) is 5.56 Å². The molecule has 1 heterocycles. The van der Waals surface area contributed by atoms with Crippen molar-refractivity contribution in [1.29, 1.82) is 0 Å². The van der Waals surface area contributed by atoms with Gasteiger partial charge in [0, 0.05) is 24.7 Å². The zero-order valence-electron chi connectivity index (χ0n) is 16.0. The fraction of sp³-hybridized carbons (Fsp3) is 0.474. The number of rotatable bonds is 7. The number of carbonyl (C=O) groups is 2. The van der Waals surface area contributed by atoms with Crippen molar-refractivity contribution in [3.05, 3.63) is 30.6 Å². The molecule has 2 amide bonds. The summed E-state index contributed by atoms with van der Waals surface area (Å²) in [7, 11) is 1.86. The predicted molar refractivity (Wildman–Crippen MR) is 101 cm³/mol. The Morgan fingerprint density at radius 3 is 2.50 bits per heavy atom. The van der Waals surface area contributed by atoms with Crippen molar-refractivity contribution in [3.63, 3.8) is 0 Å². The summed E-state index contributed by atoms with van der Waals surface area (Å²) in [5.41, 5.74) is 1.51. The third-order valence-electron chi connectivity index (χ3n) is 3.96. The van der Waals surface area contributed by atoms with Crippen molar-refractivity contribution in [2.75, 3.05) is 5.32 Å². The molecule has 2 rings (SSSR count). The molecule has 1 aromatic heterocycles. The van der Waals surface area contributed by atoms with Crippen LogP contribution in [-0.2, 0) is 16.6 Å². The van der Waals surface area contributed by atoms with Gasteiger partial charge in [-0.1, -0.05) is 39.8 Å². The highest BCUT2D eigenvalue weighted by molar-refractivity contribution is 5.97. The van der Waals surface area contributed by atoms with Crippen LogP contribution in [0.25, 0.3) is 11.4 Å². The molecular weight excluding hydrogens is 330 g/mol. The quantitative estimate of drug-likeness (QED) is 0.797. The van der Waals surface area contributed by atoms with Crippen LogP contribution in [0.1, 0.15) is 34.1 Å². The minimum absolute atomic E-state index is 0.0203. The molecule has 0 bridgehead atoms. The van der Waals surface area contributed by atoms with Crippen LogP contribution in [0.3, 0.4) is 0 Å². The molecule has 0 radical (unpaired) electrons. The Hall–Kier alpha value is -2.70. The average Bonchev–Trinajstić information content (AvgIpc) is 2.98. The molecular formula is C19H27N5O2. The van der Waals surface area contributed by atoms with Gasteiger partial charge in [-0.25, -0.2) is 0 Å². The lowest BCUT2D eigenvalue weighted by atomic mass is 10.0. The number of aryl methyl sites for hydroxylation is 1. The topological polar surface area (TPSA) is 88.9 Å². The van der Waals surface area contributed by atoms with Crippen molar-refractivity contribution in [2.45, 2.75) is 40.2 Å². The van der Waals surface area contributed by atoms with Gasteiger partial charge in [0.15, 0.2) is 5.82 Å². The van der Waals surface area contributed by atoms with E-state index in [1.165, 1.54) is 0 Å². The highest BCUT2D eigenvalue weighted by atomic mass is 16.2. The van der Waals surface area contributed by atoms with Crippen LogP contribution < -0.4 is 10.6 Å². The van der Waals surface area contributed by atoms with Crippen molar-refractivity contribution in [3.8, 4) is 11.4 Å². The summed E-state index contributed by atoms with van der Waals surface area (Å²) in [6.45, 7) is 7.77. The summed E-state index contributed by atoms with van der Waals surface area (Å²) < 4.78 is 1.81. The number of amides is 2. The summed E-state index contributed by atoms with van der Waals surface area (Å²) in [5, 5.41) is 13.7. The molecule has 1 aromatic carbocycles.